The van der Waals surface area contributed by atoms with Gasteiger partial charge >= 0.3 is 12.1 Å². The Hall–Kier alpha value is -4.33. The van der Waals surface area contributed by atoms with Crippen LogP contribution in [0.3, 0.4) is 0 Å². The third-order valence-corrected chi connectivity index (χ3v) is 7.34. The molecule has 1 aliphatic heterocycles. The van der Waals surface area contributed by atoms with Gasteiger partial charge < -0.3 is 14.7 Å². The van der Waals surface area contributed by atoms with Crippen molar-refractivity contribution in [3.63, 3.8) is 0 Å². The fourth-order valence-electron chi connectivity index (χ4n) is 4.95. The number of carboxylic acid groups (broad SMARTS) is 1. The Morgan fingerprint density at radius 2 is 1.65 bits per heavy atom. The van der Waals surface area contributed by atoms with Crippen LogP contribution in [-0.4, -0.2) is 29.1 Å². The molecule has 1 aliphatic rings. The first-order valence-electron chi connectivity index (χ1n) is 13.1. The molecule has 0 bridgehead atoms. The molecular formula is C32H29F3N2O3. The molecular weight excluding hydrogens is 517 g/mol. The number of pyridine rings is 1. The molecule has 0 unspecified atom stereocenters. The highest BCUT2D eigenvalue weighted by Gasteiger charge is 2.30. The van der Waals surface area contributed by atoms with Crippen LogP contribution in [0.25, 0.3) is 22.4 Å². The molecule has 4 aromatic rings. The summed E-state index contributed by atoms with van der Waals surface area (Å²) in [6.45, 7) is 3.57. The zero-order valence-electron chi connectivity index (χ0n) is 22.0. The quantitative estimate of drug-likeness (QED) is 0.258. The number of anilines is 1. The predicted octanol–water partition coefficient (Wildman–Crippen LogP) is 7.62. The minimum absolute atomic E-state index is 0.305. The lowest BCUT2D eigenvalue weighted by Gasteiger charge is -2.31. The number of hydrogen-bond acceptors (Lipinski definition) is 4. The zero-order chi connectivity index (χ0) is 28.3. The van der Waals surface area contributed by atoms with Crippen LogP contribution in [0.5, 0.6) is 5.75 Å². The molecule has 3 aromatic carbocycles. The first kappa shape index (κ1) is 27.2. The lowest BCUT2D eigenvalue weighted by molar-refractivity contribution is -0.142. The molecule has 1 N–H and O–H groups in total. The maximum Gasteiger partial charge on any atom is 0.416 e. The molecule has 0 spiro atoms. The van der Waals surface area contributed by atoms with E-state index >= 15 is 0 Å². The van der Waals surface area contributed by atoms with E-state index in [0.29, 0.717) is 43.9 Å². The first-order chi connectivity index (χ1) is 19.2. The van der Waals surface area contributed by atoms with Crippen molar-refractivity contribution < 1.29 is 27.8 Å². The van der Waals surface area contributed by atoms with Crippen molar-refractivity contribution in [3.05, 3.63) is 102 Å². The highest BCUT2D eigenvalue weighted by molar-refractivity contribution is 5.71. The number of nitrogens with zero attached hydrogens (tertiary/aromatic N) is 2. The van der Waals surface area contributed by atoms with E-state index in [1.165, 1.54) is 12.1 Å². The molecule has 1 fully saturated rings. The summed E-state index contributed by atoms with van der Waals surface area (Å²) in [5.74, 6) is 0.451. The summed E-state index contributed by atoms with van der Waals surface area (Å²) >= 11 is 0. The van der Waals surface area contributed by atoms with Gasteiger partial charge in [-0.25, -0.2) is 4.98 Å². The van der Waals surface area contributed by atoms with Crippen molar-refractivity contribution >= 4 is 11.8 Å². The van der Waals surface area contributed by atoms with Crippen LogP contribution in [0.4, 0.5) is 19.0 Å². The number of aliphatic carboxylic acids is 1. The normalized spacial score (nSPS) is 14.2. The second kappa shape index (κ2) is 11.4. The predicted molar refractivity (Wildman–Crippen MR) is 148 cm³/mol. The van der Waals surface area contributed by atoms with Gasteiger partial charge in [0, 0.05) is 18.7 Å². The fraction of sp³-hybridized carbons (Fsp3) is 0.250. The van der Waals surface area contributed by atoms with Crippen molar-refractivity contribution in [3.8, 4) is 28.1 Å². The largest absolute Gasteiger partial charge is 0.488 e. The number of carboxylic acids is 1. The van der Waals surface area contributed by atoms with Crippen LogP contribution in [0.1, 0.15) is 29.5 Å². The number of para-hydroxylation sites is 1. The second-order valence-corrected chi connectivity index (χ2v) is 9.98. The number of carbonyl (C=O) groups is 1. The molecule has 1 saturated heterocycles. The van der Waals surface area contributed by atoms with Gasteiger partial charge in [0.1, 0.15) is 18.2 Å². The van der Waals surface area contributed by atoms with Crippen molar-refractivity contribution in [2.24, 2.45) is 5.92 Å². The van der Waals surface area contributed by atoms with E-state index in [-0.39, 0.29) is 5.92 Å². The van der Waals surface area contributed by atoms with Gasteiger partial charge in [-0.15, -0.1) is 0 Å². The molecule has 206 valence electrons. The summed E-state index contributed by atoms with van der Waals surface area (Å²) in [6.07, 6.45) is -3.17. The Bertz CT molecular complexity index is 1490. The Morgan fingerprint density at radius 1 is 0.950 bits per heavy atom. The van der Waals surface area contributed by atoms with Crippen LogP contribution in [-0.2, 0) is 17.6 Å². The maximum absolute atomic E-state index is 12.9. The van der Waals surface area contributed by atoms with Crippen molar-refractivity contribution in [2.75, 3.05) is 18.0 Å². The van der Waals surface area contributed by atoms with Crippen molar-refractivity contribution in [1.82, 2.24) is 4.98 Å². The SMILES string of the molecule is Cc1cc(-c2ccc(C(F)(F)F)cc2)ccc1COc1ccccc1-c1cccc(N2CCC(C(=O)O)CC2)n1. The van der Waals surface area contributed by atoms with Crippen LogP contribution in [0.15, 0.2) is 84.9 Å². The fourth-order valence-corrected chi connectivity index (χ4v) is 4.95. The minimum atomic E-state index is -4.36. The molecule has 0 atom stereocenters. The monoisotopic (exact) mass is 546 g/mol. The van der Waals surface area contributed by atoms with E-state index in [0.717, 1.165) is 45.9 Å². The molecule has 2 heterocycles. The average Bonchev–Trinajstić information content (AvgIpc) is 2.96. The Morgan fingerprint density at radius 3 is 2.33 bits per heavy atom. The van der Waals surface area contributed by atoms with Gasteiger partial charge in [0.2, 0.25) is 0 Å². The number of benzene rings is 3. The van der Waals surface area contributed by atoms with Gasteiger partial charge in [-0.3, -0.25) is 4.79 Å². The van der Waals surface area contributed by atoms with E-state index in [4.69, 9.17) is 9.72 Å². The van der Waals surface area contributed by atoms with Gasteiger partial charge in [0.05, 0.1) is 17.2 Å². The van der Waals surface area contributed by atoms with Gasteiger partial charge in [-0.05, 0) is 78.4 Å². The lowest BCUT2D eigenvalue weighted by atomic mass is 9.97. The second-order valence-electron chi connectivity index (χ2n) is 9.98. The number of ether oxygens (including phenoxy) is 1. The Kier molecular flexibility index (Phi) is 7.78. The van der Waals surface area contributed by atoms with E-state index in [2.05, 4.69) is 4.90 Å². The van der Waals surface area contributed by atoms with Crippen molar-refractivity contribution in [1.29, 1.82) is 0 Å². The minimum Gasteiger partial charge on any atom is -0.488 e. The first-order valence-corrected chi connectivity index (χ1v) is 13.1. The third-order valence-electron chi connectivity index (χ3n) is 7.34. The molecule has 5 rings (SSSR count). The molecule has 1 aromatic heterocycles. The molecule has 8 heteroatoms. The lowest BCUT2D eigenvalue weighted by Crippen LogP contribution is -2.36. The average molecular weight is 547 g/mol. The van der Waals surface area contributed by atoms with Crippen LogP contribution in [0.2, 0.25) is 0 Å². The van der Waals surface area contributed by atoms with Gasteiger partial charge in [0.25, 0.3) is 0 Å². The highest BCUT2D eigenvalue weighted by atomic mass is 19.4. The molecule has 0 aliphatic carbocycles. The van der Waals surface area contributed by atoms with E-state index in [1.54, 1.807) is 0 Å². The Labute approximate surface area is 230 Å². The molecule has 0 saturated carbocycles. The number of hydrogen-bond donors (Lipinski definition) is 1. The summed E-state index contributed by atoms with van der Waals surface area (Å²) in [6, 6.07) is 24.4. The number of aryl methyl sites for hydroxylation is 1. The summed E-state index contributed by atoms with van der Waals surface area (Å²) in [5.41, 5.74) is 4.44. The highest BCUT2D eigenvalue weighted by Crippen LogP contribution is 2.33. The maximum atomic E-state index is 12.9. The summed E-state index contributed by atoms with van der Waals surface area (Å²) in [7, 11) is 0. The van der Waals surface area contributed by atoms with E-state index < -0.39 is 17.7 Å². The molecule has 0 radical (unpaired) electrons. The van der Waals surface area contributed by atoms with Crippen molar-refractivity contribution in [2.45, 2.75) is 32.5 Å². The van der Waals surface area contributed by atoms with E-state index in [1.807, 2.05) is 67.6 Å². The van der Waals surface area contributed by atoms with Crippen LogP contribution in [0, 0.1) is 12.8 Å². The number of alkyl halides is 3. The number of rotatable bonds is 7. The number of piperidine rings is 1. The topological polar surface area (TPSA) is 62.7 Å². The molecule has 0 amide bonds. The van der Waals surface area contributed by atoms with Gasteiger partial charge in [-0.2, -0.15) is 13.2 Å². The van der Waals surface area contributed by atoms with Crippen LogP contribution < -0.4 is 9.64 Å². The summed E-state index contributed by atoms with van der Waals surface area (Å²) in [4.78, 5) is 18.3. The van der Waals surface area contributed by atoms with Crippen LogP contribution >= 0.6 is 0 Å². The summed E-state index contributed by atoms with van der Waals surface area (Å²) in [5, 5.41) is 9.29. The third kappa shape index (κ3) is 6.11. The number of aromatic nitrogens is 1. The smallest absolute Gasteiger partial charge is 0.416 e. The molecule has 5 nitrogen and oxygen atoms in total. The van der Waals surface area contributed by atoms with Gasteiger partial charge in [-0.1, -0.05) is 48.5 Å². The molecule has 40 heavy (non-hydrogen) atoms. The number of halogens is 3. The summed E-state index contributed by atoms with van der Waals surface area (Å²) < 4.78 is 45.0. The zero-order valence-corrected chi connectivity index (χ0v) is 22.0. The standard InChI is InChI=1S/C32H29F3N2O3/c1-21-19-24(22-11-13-26(14-12-22)32(33,34)35)9-10-25(21)20-40-29-7-3-2-5-27(29)28-6-4-8-30(36-28)37-17-15-23(16-18-37)31(38)39/h2-14,19,23H,15-18,20H2,1H3,(H,38,39). The van der Waals surface area contributed by atoms with E-state index in [9.17, 15) is 23.1 Å². The Balaban J connectivity index is 1.30. The van der Waals surface area contributed by atoms with Gasteiger partial charge in [0.15, 0.2) is 0 Å².